The van der Waals surface area contributed by atoms with E-state index in [1.165, 1.54) is 22.3 Å². The number of hydrogen-bond donors (Lipinski definition) is 1. The average Bonchev–Trinajstić information content (AvgIpc) is 3.02. The van der Waals surface area contributed by atoms with E-state index in [1.807, 2.05) is 24.3 Å². The van der Waals surface area contributed by atoms with Gasteiger partial charge in [-0.15, -0.1) is 0 Å². The van der Waals surface area contributed by atoms with E-state index in [4.69, 9.17) is 9.84 Å². The summed E-state index contributed by atoms with van der Waals surface area (Å²) in [6.07, 6.45) is -0.330. The highest BCUT2D eigenvalue weighted by Gasteiger charge is 2.60. The highest BCUT2D eigenvalue weighted by atomic mass is 16.6. The van der Waals surface area contributed by atoms with E-state index in [-0.39, 0.29) is 29.8 Å². The minimum Gasteiger partial charge on any atom is -0.481 e. The molecular formula is C21H19NO4. The predicted molar refractivity (Wildman–Crippen MR) is 94.7 cm³/mol. The number of amides is 1. The SMILES string of the molecule is O=C(O)C1[C@H]2CN(C(=O)OCC3c4ccccc4-c4ccccc43)C[C@@H]12. The Morgan fingerprint density at radius 3 is 2.04 bits per heavy atom. The minimum atomic E-state index is -0.743. The molecule has 3 atom stereocenters. The molecule has 2 aromatic carbocycles. The van der Waals surface area contributed by atoms with Crippen LogP contribution in [0.2, 0.25) is 0 Å². The largest absolute Gasteiger partial charge is 0.481 e. The van der Waals surface area contributed by atoms with Crippen molar-refractivity contribution in [1.29, 1.82) is 0 Å². The zero-order valence-corrected chi connectivity index (χ0v) is 14.2. The molecule has 1 saturated carbocycles. The van der Waals surface area contributed by atoms with E-state index < -0.39 is 5.97 Å². The van der Waals surface area contributed by atoms with E-state index in [1.54, 1.807) is 4.90 Å². The van der Waals surface area contributed by atoms with Crippen molar-refractivity contribution in [1.82, 2.24) is 4.90 Å². The number of benzene rings is 2. The highest BCUT2D eigenvalue weighted by molar-refractivity contribution is 5.79. The summed E-state index contributed by atoms with van der Waals surface area (Å²) in [5.41, 5.74) is 4.79. The first-order valence-corrected chi connectivity index (χ1v) is 8.98. The number of hydrogen-bond acceptors (Lipinski definition) is 3. The van der Waals surface area contributed by atoms with Crippen LogP contribution in [0.15, 0.2) is 48.5 Å². The Kier molecular flexibility index (Phi) is 3.32. The van der Waals surface area contributed by atoms with E-state index >= 15 is 0 Å². The minimum absolute atomic E-state index is 0.0512. The van der Waals surface area contributed by atoms with Crippen LogP contribution in [0, 0.1) is 17.8 Å². The monoisotopic (exact) mass is 349 g/mol. The Labute approximate surface area is 151 Å². The summed E-state index contributed by atoms with van der Waals surface area (Å²) in [6, 6.07) is 16.5. The van der Waals surface area contributed by atoms with Gasteiger partial charge in [-0.2, -0.15) is 0 Å². The number of carbonyl (C=O) groups excluding carboxylic acids is 1. The maximum atomic E-state index is 12.4. The molecule has 132 valence electrons. The number of carboxylic acids is 1. The van der Waals surface area contributed by atoms with E-state index in [9.17, 15) is 9.59 Å². The lowest BCUT2D eigenvalue weighted by molar-refractivity contribution is -0.139. The molecule has 0 aromatic heterocycles. The zero-order valence-electron chi connectivity index (χ0n) is 14.2. The van der Waals surface area contributed by atoms with Gasteiger partial charge in [0.15, 0.2) is 0 Å². The molecule has 2 fully saturated rings. The van der Waals surface area contributed by atoms with Crippen LogP contribution >= 0.6 is 0 Å². The van der Waals surface area contributed by atoms with Gasteiger partial charge in [0, 0.05) is 19.0 Å². The van der Waals surface area contributed by atoms with Crippen LogP contribution in [0.3, 0.4) is 0 Å². The van der Waals surface area contributed by atoms with Crippen molar-refractivity contribution >= 4 is 12.1 Å². The third kappa shape index (κ3) is 2.23. The number of aliphatic carboxylic acids is 1. The van der Waals surface area contributed by atoms with Crippen molar-refractivity contribution in [2.45, 2.75) is 5.92 Å². The van der Waals surface area contributed by atoms with Gasteiger partial charge in [0.25, 0.3) is 0 Å². The number of likely N-dealkylation sites (tertiary alicyclic amines) is 1. The molecule has 1 heterocycles. The van der Waals surface area contributed by atoms with Crippen LogP contribution in [-0.4, -0.2) is 41.8 Å². The Hall–Kier alpha value is -2.82. The van der Waals surface area contributed by atoms with Crippen LogP contribution in [0.4, 0.5) is 4.79 Å². The second-order valence-corrected chi connectivity index (χ2v) is 7.40. The Morgan fingerprint density at radius 2 is 1.50 bits per heavy atom. The van der Waals surface area contributed by atoms with Crippen molar-refractivity contribution in [3.63, 3.8) is 0 Å². The molecule has 5 rings (SSSR count). The summed E-state index contributed by atoms with van der Waals surface area (Å²) in [6.45, 7) is 1.30. The van der Waals surface area contributed by atoms with Gasteiger partial charge in [-0.25, -0.2) is 4.79 Å². The van der Waals surface area contributed by atoms with Crippen LogP contribution in [0.5, 0.6) is 0 Å². The Bertz CT molecular complexity index is 851. The lowest BCUT2D eigenvalue weighted by atomic mass is 9.98. The van der Waals surface area contributed by atoms with Crippen LogP contribution in [-0.2, 0) is 9.53 Å². The van der Waals surface area contributed by atoms with Gasteiger partial charge in [0.1, 0.15) is 6.61 Å². The quantitative estimate of drug-likeness (QED) is 0.924. The van der Waals surface area contributed by atoms with Gasteiger partial charge in [0.05, 0.1) is 5.92 Å². The first kappa shape index (κ1) is 15.4. The number of piperidine rings is 1. The first-order chi connectivity index (χ1) is 12.6. The maximum absolute atomic E-state index is 12.4. The predicted octanol–water partition coefficient (Wildman–Crippen LogP) is 3.20. The lowest BCUT2D eigenvalue weighted by Gasteiger charge is -2.21. The summed E-state index contributed by atoms with van der Waals surface area (Å²) in [5, 5.41) is 9.08. The topological polar surface area (TPSA) is 66.8 Å². The molecule has 1 aliphatic heterocycles. The fraction of sp³-hybridized carbons (Fsp3) is 0.333. The maximum Gasteiger partial charge on any atom is 0.409 e. The third-order valence-corrected chi connectivity index (χ3v) is 6.07. The Morgan fingerprint density at radius 1 is 0.962 bits per heavy atom. The summed E-state index contributed by atoms with van der Waals surface area (Å²) in [7, 11) is 0. The number of carboxylic acid groups (broad SMARTS) is 1. The Balaban J connectivity index is 1.28. The molecule has 0 bridgehead atoms. The van der Waals surface area contributed by atoms with E-state index in [0.717, 1.165) is 0 Å². The molecule has 3 aliphatic rings. The molecule has 26 heavy (non-hydrogen) atoms. The summed E-state index contributed by atoms with van der Waals surface area (Å²) in [5.74, 6) is -0.754. The van der Waals surface area contributed by atoms with Crippen molar-refractivity contribution in [2.24, 2.45) is 17.8 Å². The molecular weight excluding hydrogens is 330 g/mol. The van der Waals surface area contributed by atoms with E-state index in [2.05, 4.69) is 24.3 Å². The third-order valence-electron chi connectivity index (χ3n) is 6.07. The van der Waals surface area contributed by atoms with Crippen LogP contribution < -0.4 is 0 Å². The number of ether oxygens (including phenoxy) is 1. The number of rotatable bonds is 3. The van der Waals surface area contributed by atoms with Crippen molar-refractivity contribution < 1.29 is 19.4 Å². The molecule has 2 aromatic rings. The summed E-state index contributed by atoms with van der Waals surface area (Å²) >= 11 is 0. The second kappa shape index (κ2) is 5.59. The fourth-order valence-electron chi connectivity index (χ4n) is 4.73. The van der Waals surface area contributed by atoms with Gasteiger partial charge < -0.3 is 14.7 Å². The summed E-state index contributed by atoms with van der Waals surface area (Å²) in [4.78, 5) is 25.1. The van der Waals surface area contributed by atoms with Crippen LogP contribution in [0.1, 0.15) is 17.0 Å². The van der Waals surface area contributed by atoms with Gasteiger partial charge in [-0.3, -0.25) is 4.79 Å². The number of nitrogens with zero attached hydrogens (tertiary/aromatic N) is 1. The molecule has 0 radical (unpaired) electrons. The second-order valence-electron chi connectivity index (χ2n) is 7.40. The molecule has 1 unspecified atom stereocenters. The number of carbonyl (C=O) groups is 2. The van der Waals surface area contributed by atoms with Gasteiger partial charge in [-0.1, -0.05) is 48.5 Å². The van der Waals surface area contributed by atoms with E-state index in [0.29, 0.717) is 19.7 Å². The first-order valence-electron chi connectivity index (χ1n) is 8.98. The normalized spacial score (nSPS) is 25.4. The van der Waals surface area contributed by atoms with Gasteiger partial charge in [-0.05, 0) is 34.1 Å². The summed E-state index contributed by atoms with van der Waals surface area (Å²) < 4.78 is 5.63. The molecule has 0 spiro atoms. The molecule has 1 amide bonds. The fourth-order valence-corrected chi connectivity index (χ4v) is 4.73. The average molecular weight is 349 g/mol. The highest BCUT2D eigenvalue weighted by Crippen LogP contribution is 2.52. The molecule has 1 N–H and O–H groups in total. The standard InChI is InChI=1S/C21H19NO4/c23-20(24)19-16-9-22(10-17(16)19)21(25)26-11-18-14-7-3-1-5-12(14)13-6-2-4-8-15(13)18/h1-8,16-19H,9-11H2,(H,23,24)/t16-,17+,19?. The molecule has 5 nitrogen and oxygen atoms in total. The zero-order chi connectivity index (χ0) is 17.8. The molecule has 2 aliphatic carbocycles. The molecule has 5 heteroatoms. The van der Waals surface area contributed by atoms with Gasteiger partial charge in [0.2, 0.25) is 0 Å². The van der Waals surface area contributed by atoms with Gasteiger partial charge >= 0.3 is 12.1 Å². The van der Waals surface area contributed by atoms with Crippen molar-refractivity contribution in [2.75, 3.05) is 19.7 Å². The number of fused-ring (bicyclic) bond motifs is 4. The van der Waals surface area contributed by atoms with Crippen molar-refractivity contribution in [3.8, 4) is 11.1 Å². The molecule has 1 saturated heterocycles. The van der Waals surface area contributed by atoms with Crippen molar-refractivity contribution in [3.05, 3.63) is 59.7 Å². The smallest absolute Gasteiger partial charge is 0.409 e. The van der Waals surface area contributed by atoms with Crippen LogP contribution in [0.25, 0.3) is 11.1 Å². The lowest BCUT2D eigenvalue weighted by Crippen LogP contribution is -2.33.